The van der Waals surface area contributed by atoms with Crippen LogP contribution in [0.3, 0.4) is 0 Å². The average Bonchev–Trinajstić information content (AvgIpc) is 2.02. The molecule has 0 saturated heterocycles. The highest BCUT2D eigenvalue weighted by molar-refractivity contribution is 7.81. The zero-order valence-electron chi connectivity index (χ0n) is 8.69. The third-order valence-corrected chi connectivity index (χ3v) is 2.74. The van der Waals surface area contributed by atoms with Gasteiger partial charge in [0, 0.05) is 11.3 Å². The molecular weight excluding hydrogens is 166 g/mol. The van der Waals surface area contributed by atoms with Gasteiger partial charge >= 0.3 is 0 Å². The summed E-state index contributed by atoms with van der Waals surface area (Å²) in [6, 6.07) is 0. The molecule has 12 heavy (non-hydrogen) atoms. The van der Waals surface area contributed by atoms with Gasteiger partial charge in [0.25, 0.3) is 0 Å². The molecule has 0 unspecified atom stereocenters. The Morgan fingerprint density at radius 3 is 1.92 bits per heavy atom. The van der Waals surface area contributed by atoms with Crippen LogP contribution in [0.5, 0.6) is 0 Å². The van der Waals surface area contributed by atoms with E-state index in [4.69, 9.17) is 12.6 Å². The Morgan fingerprint density at radius 2 is 1.58 bits per heavy atom. The molecule has 0 saturated carbocycles. The lowest BCUT2D eigenvalue weighted by Gasteiger charge is -2.28. The van der Waals surface area contributed by atoms with E-state index in [0.717, 1.165) is 13.1 Å². The molecule has 1 N–H and O–H groups in total. The summed E-state index contributed by atoms with van der Waals surface area (Å²) in [4.78, 5) is 0. The Balaban J connectivity index is 3.80. The zero-order valence-corrected chi connectivity index (χ0v) is 9.58. The van der Waals surface area contributed by atoms with Crippen molar-refractivity contribution in [2.45, 2.75) is 51.2 Å². The van der Waals surface area contributed by atoms with Crippen molar-refractivity contribution in [2.24, 2.45) is 0 Å². The maximum Gasteiger partial charge on any atom is 0.0254 e. The molecule has 2 heteroatoms. The molecule has 0 amide bonds. The second-order valence-corrected chi connectivity index (χ2v) is 4.45. The quantitative estimate of drug-likeness (QED) is 0.587. The van der Waals surface area contributed by atoms with Crippen LogP contribution in [0.4, 0.5) is 0 Å². The number of hydrogen-bond donors (Lipinski definition) is 2. The van der Waals surface area contributed by atoms with Crippen LogP contribution in [-0.2, 0) is 0 Å². The molecular formula is C10H23NS. The predicted octanol–water partition coefficient (Wildman–Crippen LogP) is 2.86. The number of rotatable bonds is 7. The van der Waals surface area contributed by atoms with E-state index in [9.17, 15) is 0 Å². The van der Waals surface area contributed by atoms with Gasteiger partial charge in [-0.25, -0.2) is 0 Å². The summed E-state index contributed by atoms with van der Waals surface area (Å²) in [5, 5.41) is 3.38. The second kappa shape index (κ2) is 6.79. The monoisotopic (exact) mass is 189 g/mol. The highest BCUT2D eigenvalue weighted by Crippen LogP contribution is 2.25. The summed E-state index contributed by atoms with van der Waals surface area (Å²) in [5.74, 6) is 0. The predicted molar refractivity (Wildman–Crippen MR) is 60.1 cm³/mol. The molecule has 0 aromatic rings. The fraction of sp³-hybridized carbons (Fsp3) is 1.00. The van der Waals surface area contributed by atoms with E-state index in [0.29, 0.717) is 0 Å². The van der Waals surface area contributed by atoms with Gasteiger partial charge in [-0.2, -0.15) is 12.6 Å². The van der Waals surface area contributed by atoms with Crippen molar-refractivity contribution in [1.29, 1.82) is 0 Å². The summed E-state index contributed by atoms with van der Waals surface area (Å²) in [5.41, 5.74) is 0. The third-order valence-electron chi connectivity index (χ3n) is 2.13. The van der Waals surface area contributed by atoms with E-state index < -0.39 is 0 Å². The largest absolute Gasteiger partial charge is 0.316 e. The first kappa shape index (κ1) is 12.3. The van der Waals surface area contributed by atoms with Gasteiger partial charge in [0.1, 0.15) is 0 Å². The molecule has 0 aromatic carbocycles. The molecule has 0 fully saturated rings. The third kappa shape index (κ3) is 5.04. The van der Waals surface area contributed by atoms with Gasteiger partial charge in [0.2, 0.25) is 0 Å². The first-order chi connectivity index (χ1) is 5.68. The molecule has 0 radical (unpaired) electrons. The molecule has 0 aliphatic rings. The Hall–Kier alpha value is 0.310. The van der Waals surface area contributed by atoms with Gasteiger partial charge in [-0.05, 0) is 19.4 Å². The summed E-state index contributed by atoms with van der Waals surface area (Å²) in [6.07, 6.45) is 4.90. The van der Waals surface area contributed by atoms with Crippen LogP contribution in [0.25, 0.3) is 0 Å². The molecule has 0 spiro atoms. The highest BCUT2D eigenvalue weighted by Gasteiger charge is 2.22. The minimum absolute atomic E-state index is 0.236. The first-order valence-electron chi connectivity index (χ1n) is 5.11. The summed E-state index contributed by atoms with van der Waals surface area (Å²) in [7, 11) is 0. The van der Waals surface area contributed by atoms with Crippen molar-refractivity contribution in [3.05, 3.63) is 0 Å². The summed E-state index contributed by atoms with van der Waals surface area (Å²) >= 11 is 4.75. The number of thiol groups is 1. The van der Waals surface area contributed by atoms with Crippen LogP contribution in [0.2, 0.25) is 0 Å². The fourth-order valence-corrected chi connectivity index (χ4v) is 2.15. The van der Waals surface area contributed by atoms with E-state index in [1.807, 2.05) is 0 Å². The molecule has 0 aromatic heterocycles. The molecule has 0 aliphatic heterocycles. The fourth-order valence-electron chi connectivity index (χ4n) is 1.59. The van der Waals surface area contributed by atoms with E-state index in [1.165, 1.54) is 25.7 Å². The van der Waals surface area contributed by atoms with E-state index in [2.05, 4.69) is 26.1 Å². The minimum atomic E-state index is 0.236. The molecule has 0 aliphatic carbocycles. The highest BCUT2D eigenvalue weighted by atomic mass is 32.1. The van der Waals surface area contributed by atoms with Crippen molar-refractivity contribution >= 4 is 12.6 Å². The average molecular weight is 189 g/mol. The maximum atomic E-state index is 4.75. The first-order valence-corrected chi connectivity index (χ1v) is 5.56. The molecule has 1 nitrogen and oxygen atoms in total. The lowest BCUT2D eigenvalue weighted by Crippen LogP contribution is -2.35. The molecule has 74 valence electrons. The summed E-state index contributed by atoms with van der Waals surface area (Å²) in [6.45, 7) is 8.70. The van der Waals surface area contributed by atoms with Gasteiger partial charge in [0.15, 0.2) is 0 Å². The maximum absolute atomic E-state index is 4.75. The van der Waals surface area contributed by atoms with Gasteiger partial charge in [-0.1, -0.05) is 33.6 Å². The van der Waals surface area contributed by atoms with Crippen LogP contribution in [0.1, 0.15) is 46.5 Å². The van der Waals surface area contributed by atoms with E-state index >= 15 is 0 Å². The van der Waals surface area contributed by atoms with Gasteiger partial charge in [0.05, 0.1) is 0 Å². The van der Waals surface area contributed by atoms with Crippen molar-refractivity contribution in [3.63, 3.8) is 0 Å². The number of nitrogens with one attached hydrogen (secondary N) is 1. The van der Waals surface area contributed by atoms with Crippen LogP contribution < -0.4 is 5.32 Å². The number of hydrogen-bond acceptors (Lipinski definition) is 2. The van der Waals surface area contributed by atoms with Crippen LogP contribution in [0, 0.1) is 0 Å². The van der Waals surface area contributed by atoms with Gasteiger partial charge in [-0.3, -0.25) is 0 Å². The second-order valence-electron chi connectivity index (χ2n) is 3.50. The Bertz CT molecular complexity index is 98.0. The van der Waals surface area contributed by atoms with Crippen LogP contribution in [0.15, 0.2) is 0 Å². The SMILES string of the molecule is CCCC(S)(CCC)CNCC. The topological polar surface area (TPSA) is 12.0 Å². The normalized spacial score (nSPS) is 12.0. The Labute approximate surface area is 82.7 Å². The zero-order chi connectivity index (χ0) is 9.45. The Morgan fingerprint density at radius 1 is 1.08 bits per heavy atom. The van der Waals surface area contributed by atoms with E-state index in [-0.39, 0.29) is 4.75 Å². The van der Waals surface area contributed by atoms with Crippen molar-refractivity contribution in [2.75, 3.05) is 13.1 Å². The molecule has 0 heterocycles. The molecule has 0 rings (SSSR count). The van der Waals surface area contributed by atoms with Crippen molar-refractivity contribution in [1.82, 2.24) is 5.32 Å². The standard InChI is InChI=1S/C10H23NS/c1-4-7-10(12,8-5-2)9-11-6-3/h11-12H,4-9H2,1-3H3. The lowest BCUT2D eigenvalue weighted by atomic mass is 9.97. The molecule has 0 atom stereocenters. The summed E-state index contributed by atoms with van der Waals surface area (Å²) < 4.78 is 0.236. The van der Waals surface area contributed by atoms with Crippen LogP contribution >= 0.6 is 12.6 Å². The van der Waals surface area contributed by atoms with Crippen molar-refractivity contribution in [3.8, 4) is 0 Å². The van der Waals surface area contributed by atoms with Crippen molar-refractivity contribution < 1.29 is 0 Å². The smallest absolute Gasteiger partial charge is 0.0254 e. The van der Waals surface area contributed by atoms with E-state index in [1.54, 1.807) is 0 Å². The van der Waals surface area contributed by atoms with Gasteiger partial charge < -0.3 is 5.32 Å². The van der Waals surface area contributed by atoms with Gasteiger partial charge in [-0.15, -0.1) is 0 Å². The Kier molecular flexibility index (Phi) is 6.96. The lowest BCUT2D eigenvalue weighted by molar-refractivity contribution is 0.462. The van der Waals surface area contributed by atoms with Crippen LogP contribution in [-0.4, -0.2) is 17.8 Å². The minimum Gasteiger partial charge on any atom is -0.316 e. The molecule has 0 bridgehead atoms.